The summed E-state index contributed by atoms with van der Waals surface area (Å²) in [5.41, 5.74) is 2.70. The lowest BCUT2D eigenvalue weighted by molar-refractivity contribution is 0.140. The number of piperidine rings is 1. The standard InChI is InChI=1S/C22H34N2O3S.ClH/c1-17(13-20-5-6-21-9-12-27-22(21)14-20)23(15-18-3-4-18)16-19-7-10-24(11-8-19)28(2,25)26;/h5-6,14,17-19H,3-4,7-13,15-16H2,1-2H3;1H. The van der Waals surface area contributed by atoms with E-state index in [1.54, 1.807) is 4.31 Å². The van der Waals surface area contributed by atoms with E-state index < -0.39 is 10.0 Å². The molecule has 3 aliphatic rings. The fourth-order valence-corrected chi connectivity index (χ4v) is 5.50. The van der Waals surface area contributed by atoms with E-state index >= 15 is 0 Å². The largest absolute Gasteiger partial charge is 0.493 e. The molecule has 1 aromatic carbocycles. The Hall–Kier alpha value is -0.820. The summed E-state index contributed by atoms with van der Waals surface area (Å²) in [5.74, 6) is 2.54. The highest BCUT2D eigenvalue weighted by atomic mass is 35.5. The lowest BCUT2D eigenvalue weighted by atomic mass is 9.95. The van der Waals surface area contributed by atoms with Crippen LogP contribution in [0.4, 0.5) is 0 Å². The molecule has 0 N–H and O–H groups in total. The normalized spacial score (nSPS) is 21.5. The van der Waals surface area contributed by atoms with Gasteiger partial charge in [0.05, 0.1) is 12.9 Å². The molecular formula is C22H35ClN2O3S. The van der Waals surface area contributed by atoms with Gasteiger partial charge in [-0.05, 0) is 68.1 Å². The van der Waals surface area contributed by atoms with Gasteiger partial charge in [-0.25, -0.2) is 12.7 Å². The first-order chi connectivity index (χ1) is 13.4. The number of nitrogens with zero attached hydrogens (tertiary/aromatic N) is 2. The Kier molecular flexibility index (Phi) is 7.52. The summed E-state index contributed by atoms with van der Waals surface area (Å²) in [7, 11) is -3.04. The zero-order valence-corrected chi connectivity index (χ0v) is 19.3. The Balaban J connectivity index is 0.00000240. The Morgan fingerprint density at radius 3 is 2.41 bits per heavy atom. The van der Waals surface area contributed by atoms with Gasteiger partial charge < -0.3 is 4.74 Å². The topological polar surface area (TPSA) is 49.9 Å². The van der Waals surface area contributed by atoms with Crippen molar-refractivity contribution in [1.29, 1.82) is 0 Å². The molecule has 0 radical (unpaired) electrons. The first kappa shape index (κ1) is 22.9. The quantitative estimate of drug-likeness (QED) is 0.619. The van der Waals surface area contributed by atoms with Gasteiger partial charge in [-0.1, -0.05) is 12.1 Å². The predicted molar refractivity (Wildman–Crippen MR) is 119 cm³/mol. The third-order valence-corrected chi connectivity index (χ3v) is 7.94. The highest BCUT2D eigenvalue weighted by Crippen LogP contribution is 2.32. The Labute approximate surface area is 182 Å². The molecule has 1 aliphatic carbocycles. The van der Waals surface area contributed by atoms with Gasteiger partial charge in [0.1, 0.15) is 5.75 Å². The fourth-order valence-electron chi connectivity index (χ4n) is 4.63. The second-order valence-electron chi connectivity index (χ2n) is 9.10. The van der Waals surface area contributed by atoms with E-state index in [9.17, 15) is 8.42 Å². The van der Waals surface area contributed by atoms with Crippen LogP contribution >= 0.6 is 12.4 Å². The minimum atomic E-state index is -3.04. The molecule has 1 saturated carbocycles. The highest BCUT2D eigenvalue weighted by Gasteiger charge is 2.31. The van der Waals surface area contributed by atoms with Crippen LogP contribution in [0, 0.1) is 11.8 Å². The molecule has 0 amide bonds. The smallest absolute Gasteiger partial charge is 0.211 e. The minimum Gasteiger partial charge on any atom is -0.493 e. The first-order valence-corrected chi connectivity index (χ1v) is 12.7. The molecule has 7 heteroatoms. The van der Waals surface area contributed by atoms with Crippen LogP contribution in [0.25, 0.3) is 0 Å². The monoisotopic (exact) mass is 442 g/mol. The number of hydrogen-bond donors (Lipinski definition) is 0. The van der Waals surface area contributed by atoms with Gasteiger partial charge in [-0.15, -0.1) is 12.4 Å². The van der Waals surface area contributed by atoms with Crippen molar-refractivity contribution in [3.8, 4) is 5.75 Å². The third kappa shape index (κ3) is 6.09. The average molecular weight is 443 g/mol. The summed E-state index contributed by atoms with van der Waals surface area (Å²) in [6.07, 6.45) is 8.10. The molecule has 4 rings (SSSR count). The molecule has 1 atom stereocenters. The Bertz CT molecular complexity index is 789. The number of ether oxygens (including phenoxy) is 1. The van der Waals surface area contributed by atoms with E-state index in [1.165, 1.54) is 36.8 Å². The van der Waals surface area contributed by atoms with E-state index in [1.807, 2.05) is 0 Å². The zero-order valence-electron chi connectivity index (χ0n) is 17.7. The van der Waals surface area contributed by atoms with Crippen molar-refractivity contribution in [3.05, 3.63) is 29.3 Å². The summed E-state index contributed by atoms with van der Waals surface area (Å²) in [6.45, 7) is 6.80. The summed E-state index contributed by atoms with van der Waals surface area (Å²) in [6, 6.07) is 7.23. The van der Waals surface area contributed by atoms with Crippen molar-refractivity contribution >= 4 is 22.4 Å². The molecule has 164 valence electrons. The molecule has 2 fully saturated rings. The lowest BCUT2D eigenvalue weighted by Crippen LogP contribution is -2.44. The summed E-state index contributed by atoms with van der Waals surface area (Å²) in [5, 5.41) is 0. The summed E-state index contributed by atoms with van der Waals surface area (Å²) < 4.78 is 30.9. The Morgan fingerprint density at radius 2 is 1.79 bits per heavy atom. The number of fused-ring (bicyclic) bond motifs is 1. The van der Waals surface area contributed by atoms with Crippen molar-refractivity contribution in [1.82, 2.24) is 9.21 Å². The summed E-state index contributed by atoms with van der Waals surface area (Å²) in [4.78, 5) is 2.67. The van der Waals surface area contributed by atoms with Crippen molar-refractivity contribution in [2.75, 3.05) is 39.0 Å². The van der Waals surface area contributed by atoms with E-state index in [0.29, 0.717) is 25.0 Å². The molecule has 0 aromatic heterocycles. The molecule has 5 nitrogen and oxygen atoms in total. The van der Waals surface area contributed by atoms with Crippen molar-refractivity contribution in [2.45, 2.75) is 51.5 Å². The number of benzene rings is 1. The van der Waals surface area contributed by atoms with Crippen LogP contribution in [0.1, 0.15) is 43.7 Å². The van der Waals surface area contributed by atoms with Crippen LogP contribution in [-0.2, 0) is 22.9 Å². The molecular weight excluding hydrogens is 408 g/mol. The second kappa shape index (κ2) is 9.54. The SMILES string of the molecule is CC(Cc1ccc2c(c1)OCC2)N(CC1CC1)CC1CCN(S(C)(=O)=O)CC1.Cl. The third-order valence-electron chi connectivity index (χ3n) is 6.64. The van der Waals surface area contributed by atoms with E-state index in [4.69, 9.17) is 4.74 Å². The van der Waals surface area contributed by atoms with Crippen LogP contribution in [0.2, 0.25) is 0 Å². The maximum absolute atomic E-state index is 11.8. The van der Waals surface area contributed by atoms with Crippen LogP contribution in [-0.4, -0.2) is 62.7 Å². The van der Waals surface area contributed by atoms with E-state index in [2.05, 4.69) is 30.0 Å². The molecule has 0 bridgehead atoms. The van der Waals surface area contributed by atoms with Crippen LogP contribution in [0.3, 0.4) is 0 Å². The number of sulfonamides is 1. The molecule has 1 unspecified atom stereocenters. The number of rotatable bonds is 8. The number of hydrogen-bond acceptors (Lipinski definition) is 4. The van der Waals surface area contributed by atoms with E-state index in [0.717, 1.165) is 50.5 Å². The first-order valence-electron chi connectivity index (χ1n) is 10.8. The molecule has 1 aromatic rings. The second-order valence-corrected chi connectivity index (χ2v) is 11.1. The Morgan fingerprint density at radius 1 is 1.14 bits per heavy atom. The molecule has 2 heterocycles. The molecule has 0 spiro atoms. The van der Waals surface area contributed by atoms with Gasteiger partial charge in [0.2, 0.25) is 10.0 Å². The maximum atomic E-state index is 11.8. The zero-order chi connectivity index (χ0) is 19.7. The van der Waals surface area contributed by atoms with Crippen molar-refractivity contribution in [3.63, 3.8) is 0 Å². The molecule has 2 aliphatic heterocycles. The van der Waals surface area contributed by atoms with Crippen LogP contribution in [0.5, 0.6) is 5.75 Å². The van der Waals surface area contributed by atoms with Gasteiger partial charge >= 0.3 is 0 Å². The number of halogens is 1. The van der Waals surface area contributed by atoms with Gasteiger partial charge in [-0.3, -0.25) is 4.90 Å². The molecule has 29 heavy (non-hydrogen) atoms. The molecule has 1 saturated heterocycles. The van der Waals surface area contributed by atoms with Gasteiger partial charge in [0.25, 0.3) is 0 Å². The van der Waals surface area contributed by atoms with Crippen molar-refractivity contribution in [2.24, 2.45) is 11.8 Å². The van der Waals surface area contributed by atoms with Crippen LogP contribution in [0.15, 0.2) is 18.2 Å². The lowest BCUT2D eigenvalue weighted by Gasteiger charge is -2.36. The van der Waals surface area contributed by atoms with Gasteiger partial charge in [0.15, 0.2) is 0 Å². The van der Waals surface area contributed by atoms with Crippen LogP contribution < -0.4 is 4.74 Å². The van der Waals surface area contributed by atoms with Gasteiger partial charge in [0, 0.05) is 38.6 Å². The highest BCUT2D eigenvalue weighted by molar-refractivity contribution is 7.88. The van der Waals surface area contributed by atoms with Crippen molar-refractivity contribution < 1.29 is 13.2 Å². The minimum absolute atomic E-state index is 0. The van der Waals surface area contributed by atoms with Gasteiger partial charge in [-0.2, -0.15) is 0 Å². The maximum Gasteiger partial charge on any atom is 0.211 e. The predicted octanol–water partition coefficient (Wildman–Crippen LogP) is 3.36. The van der Waals surface area contributed by atoms with E-state index in [-0.39, 0.29) is 12.4 Å². The summed E-state index contributed by atoms with van der Waals surface area (Å²) >= 11 is 0. The fraction of sp³-hybridized carbons (Fsp3) is 0.727. The average Bonchev–Trinajstić information content (AvgIpc) is 3.35.